The number of hydrogen-bond donors (Lipinski definition) is 3. The first kappa shape index (κ1) is 12.6. The Bertz CT molecular complexity index is 322. The van der Waals surface area contributed by atoms with E-state index in [0.717, 1.165) is 0 Å². The van der Waals surface area contributed by atoms with E-state index in [2.05, 4.69) is 21.2 Å². The van der Waals surface area contributed by atoms with Crippen LogP contribution in [0.1, 0.15) is 11.6 Å². The lowest BCUT2D eigenvalue weighted by molar-refractivity contribution is 0.227. The van der Waals surface area contributed by atoms with Gasteiger partial charge in [-0.15, -0.1) is 0 Å². The van der Waals surface area contributed by atoms with Crippen LogP contribution in [0.25, 0.3) is 0 Å². The first-order chi connectivity index (χ1) is 7.19. The molecule has 0 fully saturated rings. The zero-order chi connectivity index (χ0) is 11.3. The number of hydrogen-bond acceptors (Lipinski definition) is 3. The van der Waals surface area contributed by atoms with Crippen molar-refractivity contribution in [3.8, 4) is 0 Å². The molecule has 0 aromatic heterocycles. The minimum atomic E-state index is -0.364. The van der Waals surface area contributed by atoms with Gasteiger partial charge in [0.2, 0.25) is 0 Å². The topological polar surface area (TPSA) is 52.5 Å². The predicted molar refractivity (Wildman–Crippen MR) is 59.0 cm³/mol. The average molecular weight is 278 g/mol. The Kier molecular flexibility index (Phi) is 5.17. The van der Waals surface area contributed by atoms with Gasteiger partial charge in [0.15, 0.2) is 0 Å². The highest BCUT2D eigenvalue weighted by Crippen LogP contribution is 2.20. The first-order valence-corrected chi connectivity index (χ1v) is 5.38. The van der Waals surface area contributed by atoms with Gasteiger partial charge >= 0.3 is 0 Å². The number of rotatable bonds is 5. The molecule has 3 nitrogen and oxygen atoms in total. The van der Waals surface area contributed by atoms with Crippen LogP contribution >= 0.6 is 15.9 Å². The largest absolute Gasteiger partial charge is 0.395 e. The van der Waals surface area contributed by atoms with Gasteiger partial charge in [-0.2, -0.15) is 0 Å². The Morgan fingerprint density at radius 3 is 2.67 bits per heavy atom. The lowest BCUT2D eigenvalue weighted by Gasteiger charge is -2.16. The van der Waals surface area contributed by atoms with Crippen molar-refractivity contribution in [2.75, 3.05) is 19.8 Å². The van der Waals surface area contributed by atoms with E-state index in [0.29, 0.717) is 16.6 Å². The molecule has 84 valence electrons. The molecular weight excluding hydrogens is 265 g/mol. The summed E-state index contributed by atoms with van der Waals surface area (Å²) in [6.45, 7) is 0.208. The van der Waals surface area contributed by atoms with E-state index in [-0.39, 0.29) is 25.1 Å². The van der Waals surface area contributed by atoms with Crippen molar-refractivity contribution in [2.24, 2.45) is 0 Å². The maximum atomic E-state index is 13.2. The van der Waals surface area contributed by atoms with Crippen LogP contribution in [-0.2, 0) is 0 Å². The van der Waals surface area contributed by atoms with E-state index < -0.39 is 0 Å². The van der Waals surface area contributed by atoms with Crippen molar-refractivity contribution in [1.29, 1.82) is 0 Å². The predicted octanol–water partition coefficient (Wildman–Crippen LogP) is 1.20. The third-order valence-electron chi connectivity index (χ3n) is 2.03. The van der Waals surface area contributed by atoms with Crippen molar-refractivity contribution < 1.29 is 14.6 Å². The fourth-order valence-electron chi connectivity index (χ4n) is 1.26. The van der Waals surface area contributed by atoms with Crippen molar-refractivity contribution >= 4 is 15.9 Å². The molecule has 0 radical (unpaired) electrons. The Hall–Kier alpha value is -0.490. The minimum Gasteiger partial charge on any atom is -0.395 e. The van der Waals surface area contributed by atoms with E-state index in [4.69, 9.17) is 10.2 Å². The average Bonchev–Trinajstić information content (AvgIpc) is 2.24. The maximum absolute atomic E-state index is 13.2. The number of benzene rings is 1. The number of nitrogens with one attached hydrogen (secondary N) is 1. The Morgan fingerprint density at radius 1 is 1.40 bits per heavy atom. The van der Waals surface area contributed by atoms with Gasteiger partial charge < -0.3 is 15.5 Å². The van der Waals surface area contributed by atoms with Crippen molar-refractivity contribution in [2.45, 2.75) is 6.04 Å². The Labute approximate surface area is 96.1 Å². The molecule has 3 N–H and O–H groups in total. The first-order valence-electron chi connectivity index (χ1n) is 4.59. The SMILES string of the molecule is OCCNC(CO)c1ccc(Br)c(F)c1. The molecule has 1 unspecified atom stereocenters. The maximum Gasteiger partial charge on any atom is 0.137 e. The summed E-state index contributed by atoms with van der Waals surface area (Å²) < 4.78 is 13.6. The molecule has 0 aliphatic rings. The molecule has 1 aromatic rings. The molecular formula is C10H13BrFNO2. The lowest BCUT2D eigenvalue weighted by Crippen LogP contribution is -2.27. The summed E-state index contributed by atoms with van der Waals surface area (Å²) in [6.07, 6.45) is 0. The zero-order valence-corrected chi connectivity index (χ0v) is 9.67. The van der Waals surface area contributed by atoms with Crippen LogP contribution in [0.3, 0.4) is 0 Å². The second-order valence-corrected chi connectivity index (χ2v) is 3.94. The van der Waals surface area contributed by atoms with Crippen LogP contribution in [0.4, 0.5) is 4.39 Å². The lowest BCUT2D eigenvalue weighted by atomic mass is 10.1. The van der Waals surface area contributed by atoms with Gasteiger partial charge in [-0.05, 0) is 33.6 Å². The molecule has 1 atom stereocenters. The van der Waals surface area contributed by atoms with Crippen LogP contribution in [0.2, 0.25) is 0 Å². The van der Waals surface area contributed by atoms with Gasteiger partial charge in [-0.1, -0.05) is 6.07 Å². The van der Waals surface area contributed by atoms with Crippen LogP contribution in [-0.4, -0.2) is 30.0 Å². The highest BCUT2D eigenvalue weighted by molar-refractivity contribution is 9.10. The van der Waals surface area contributed by atoms with Gasteiger partial charge in [-0.25, -0.2) is 4.39 Å². The Morgan fingerprint density at radius 2 is 2.13 bits per heavy atom. The van der Waals surface area contributed by atoms with Crippen LogP contribution < -0.4 is 5.32 Å². The van der Waals surface area contributed by atoms with Crippen molar-refractivity contribution in [3.63, 3.8) is 0 Å². The quantitative estimate of drug-likeness (QED) is 0.758. The minimum absolute atomic E-state index is 0.0183. The molecule has 1 rings (SSSR count). The van der Waals surface area contributed by atoms with Crippen LogP contribution in [0.15, 0.2) is 22.7 Å². The second-order valence-electron chi connectivity index (χ2n) is 3.09. The fraction of sp³-hybridized carbons (Fsp3) is 0.400. The summed E-state index contributed by atoms with van der Waals surface area (Å²) in [5, 5.41) is 20.6. The molecule has 15 heavy (non-hydrogen) atoms. The summed E-state index contributed by atoms with van der Waals surface area (Å²) in [4.78, 5) is 0. The smallest absolute Gasteiger partial charge is 0.137 e. The number of aliphatic hydroxyl groups is 2. The van der Waals surface area contributed by atoms with E-state index >= 15 is 0 Å². The molecule has 0 spiro atoms. The molecule has 0 heterocycles. The summed E-state index contributed by atoms with van der Waals surface area (Å²) in [6, 6.07) is 4.32. The number of halogens is 2. The summed E-state index contributed by atoms with van der Waals surface area (Å²) >= 11 is 3.06. The van der Waals surface area contributed by atoms with E-state index in [9.17, 15) is 4.39 Å². The van der Waals surface area contributed by atoms with Gasteiger partial charge in [0, 0.05) is 6.54 Å². The molecule has 1 aromatic carbocycles. The molecule has 0 aliphatic heterocycles. The molecule has 0 aliphatic carbocycles. The van der Waals surface area contributed by atoms with Gasteiger partial charge in [0.1, 0.15) is 5.82 Å². The zero-order valence-electron chi connectivity index (χ0n) is 8.08. The molecule has 0 amide bonds. The summed E-state index contributed by atoms with van der Waals surface area (Å²) in [7, 11) is 0. The van der Waals surface area contributed by atoms with Crippen molar-refractivity contribution in [3.05, 3.63) is 34.1 Å². The molecule has 5 heteroatoms. The van der Waals surface area contributed by atoms with Gasteiger partial charge in [0.05, 0.1) is 23.7 Å². The standard InChI is InChI=1S/C10H13BrFNO2/c11-8-2-1-7(5-9(8)12)10(6-15)13-3-4-14/h1-2,5,10,13-15H,3-4,6H2. The van der Waals surface area contributed by atoms with E-state index in [1.807, 2.05) is 0 Å². The van der Waals surface area contributed by atoms with E-state index in [1.165, 1.54) is 6.07 Å². The van der Waals surface area contributed by atoms with Crippen LogP contribution in [0.5, 0.6) is 0 Å². The fourth-order valence-corrected chi connectivity index (χ4v) is 1.50. The Balaban J connectivity index is 2.78. The highest BCUT2D eigenvalue weighted by atomic mass is 79.9. The summed E-state index contributed by atoms with van der Waals surface area (Å²) in [5.41, 5.74) is 0.659. The second kappa shape index (κ2) is 6.17. The van der Waals surface area contributed by atoms with Crippen molar-refractivity contribution in [1.82, 2.24) is 5.32 Å². The normalized spacial score (nSPS) is 12.8. The van der Waals surface area contributed by atoms with Gasteiger partial charge in [0.25, 0.3) is 0 Å². The number of aliphatic hydroxyl groups excluding tert-OH is 2. The third-order valence-corrected chi connectivity index (χ3v) is 2.67. The third kappa shape index (κ3) is 3.53. The summed E-state index contributed by atoms with van der Waals surface area (Å²) in [5.74, 6) is -0.364. The molecule has 0 saturated heterocycles. The van der Waals surface area contributed by atoms with E-state index in [1.54, 1.807) is 12.1 Å². The molecule has 0 bridgehead atoms. The highest BCUT2D eigenvalue weighted by Gasteiger charge is 2.11. The monoisotopic (exact) mass is 277 g/mol. The van der Waals surface area contributed by atoms with Crippen LogP contribution in [0, 0.1) is 5.82 Å². The van der Waals surface area contributed by atoms with Gasteiger partial charge in [-0.3, -0.25) is 0 Å². The molecule has 0 saturated carbocycles.